The molecule has 4 rings (SSSR count). The van der Waals surface area contributed by atoms with E-state index in [2.05, 4.69) is 10.4 Å². The summed E-state index contributed by atoms with van der Waals surface area (Å²) in [6.07, 6.45) is 0. The van der Waals surface area contributed by atoms with Crippen molar-refractivity contribution in [3.63, 3.8) is 0 Å². The van der Waals surface area contributed by atoms with Gasteiger partial charge in [-0.05, 0) is 30.0 Å². The summed E-state index contributed by atoms with van der Waals surface area (Å²) < 4.78 is 1.94. The van der Waals surface area contributed by atoms with Crippen molar-refractivity contribution in [2.75, 3.05) is 0 Å². The highest BCUT2D eigenvalue weighted by molar-refractivity contribution is 8.15. The molecular weight excluding hydrogens is 382 g/mol. The molecule has 1 fully saturated rings. The van der Waals surface area contributed by atoms with Crippen LogP contribution in [0.5, 0.6) is 0 Å². The number of carbonyl (C=O) groups is 2. The van der Waals surface area contributed by atoms with Crippen molar-refractivity contribution in [3.05, 3.63) is 61.7 Å². The number of aromatic nitrogens is 2. The number of hydrogen-bond acceptors (Lipinski definition) is 6. The zero-order valence-corrected chi connectivity index (χ0v) is 15.0. The van der Waals surface area contributed by atoms with Crippen LogP contribution in [0, 0.1) is 0 Å². The van der Waals surface area contributed by atoms with Gasteiger partial charge in [0, 0.05) is 10.3 Å². The lowest BCUT2D eigenvalue weighted by Gasteiger charge is -2.12. The Morgan fingerprint density at radius 1 is 1.12 bits per heavy atom. The third-order valence-electron chi connectivity index (χ3n) is 3.77. The van der Waals surface area contributed by atoms with Crippen LogP contribution < -0.4 is 10.9 Å². The minimum atomic E-state index is -0.767. The number of benzene rings is 1. The fourth-order valence-corrected chi connectivity index (χ4v) is 4.58. The summed E-state index contributed by atoms with van der Waals surface area (Å²) in [5, 5.41) is 6.52. The Morgan fingerprint density at radius 3 is 2.52 bits per heavy atom. The van der Waals surface area contributed by atoms with Gasteiger partial charge in [0.25, 0.3) is 10.8 Å². The molecule has 6 nitrogen and oxygen atoms in total. The highest BCUT2D eigenvalue weighted by Gasteiger charge is 2.36. The molecule has 1 N–H and O–H groups in total. The molecule has 1 atom stereocenters. The van der Waals surface area contributed by atoms with E-state index in [1.807, 2.05) is 6.07 Å². The molecule has 1 unspecified atom stereocenters. The molecule has 1 aliphatic rings. The molecule has 2 amide bonds. The second-order valence-corrected chi connectivity index (χ2v) is 8.25. The lowest BCUT2D eigenvalue weighted by Crippen LogP contribution is -2.27. The Morgan fingerprint density at radius 2 is 1.88 bits per heavy atom. The molecule has 1 aliphatic heterocycles. The molecule has 9 heteroatoms. The number of carbonyl (C=O) groups excluding carboxylic acids is 2. The predicted molar refractivity (Wildman–Crippen MR) is 98.3 cm³/mol. The van der Waals surface area contributed by atoms with E-state index in [-0.39, 0.29) is 12.1 Å². The highest BCUT2D eigenvalue weighted by atomic mass is 35.5. The van der Waals surface area contributed by atoms with Crippen LogP contribution in [-0.4, -0.2) is 20.9 Å². The van der Waals surface area contributed by atoms with Crippen LogP contribution in [0.15, 0.2) is 41.2 Å². The van der Waals surface area contributed by atoms with Crippen LogP contribution in [0.3, 0.4) is 0 Å². The minimum Gasteiger partial charge on any atom is -0.286 e. The fourth-order valence-electron chi connectivity index (χ4n) is 2.68. The summed E-state index contributed by atoms with van der Waals surface area (Å²) in [6.45, 7) is 0.251. The van der Waals surface area contributed by atoms with Gasteiger partial charge in [0.15, 0.2) is 0 Å². The van der Waals surface area contributed by atoms with E-state index >= 15 is 0 Å². The first-order valence-electron chi connectivity index (χ1n) is 7.28. The zero-order valence-electron chi connectivity index (χ0n) is 12.6. The standard InChI is InChI=1S/C16H10ClN3O3S2/c17-11-6-5-8(24-11)7-20-15(22)10-4-2-1-3-9(10)12(19-20)13-14(21)18-16(23)25-13/h1-6,13H,7H2,(H,18,21,23). The molecule has 3 heterocycles. The molecular formula is C16H10ClN3O3S2. The van der Waals surface area contributed by atoms with E-state index < -0.39 is 16.4 Å². The summed E-state index contributed by atoms with van der Waals surface area (Å²) in [5.74, 6) is -0.419. The van der Waals surface area contributed by atoms with E-state index in [0.717, 1.165) is 16.6 Å². The fraction of sp³-hybridized carbons (Fsp3) is 0.125. The van der Waals surface area contributed by atoms with Crippen molar-refractivity contribution < 1.29 is 9.59 Å². The number of rotatable bonds is 3. The topological polar surface area (TPSA) is 81.1 Å². The number of nitrogens with one attached hydrogen (secondary N) is 1. The quantitative estimate of drug-likeness (QED) is 0.741. The number of nitrogens with zero attached hydrogens (tertiary/aromatic N) is 2. The molecule has 3 aromatic rings. The van der Waals surface area contributed by atoms with E-state index in [4.69, 9.17) is 11.6 Å². The van der Waals surface area contributed by atoms with Crippen LogP contribution in [0.2, 0.25) is 4.34 Å². The van der Waals surface area contributed by atoms with Gasteiger partial charge in [-0.1, -0.05) is 29.8 Å². The van der Waals surface area contributed by atoms with Gasteiger partial charge in [0.1, 0.15) is 5.25 Å². The summed E-state index contributed by atoms with van der Waals surface area (Å²) in [6, 6.07) is 10.6. The number of amides is 2. The summed E-state index contributed by atoms with van der Waals surface area (Å²) in [5.41, 5.74) is 0.157. The largest absolute Gasteiger partial charge is 0.286 e. The van der Waals surface area contributed by atoms with Gasteiger partial charge in [-0.15, -0.1) is 11.3 Å². The number of thiophene rings is 1. The Labute approximate surface area is 154 Å². The van der Waals surface area contributed by atoms with Gasteiger partial charge in [-0.25, -0.2) is 4.68 Å². The molecule has 2 aromatic heterocycles. The molecule has 0 saturated carbocycles. The van der Waals surface area contributed by atoms with Crippen LogP contribution >= 0.6 is 34.7 Å². The highest BCUT2D eigenvalue weighted by Crippen LogP contribution is 2.35. The second kappa shape index (κ2) is 6.29. The zero-order chi connectivity index (χ0) is 17.6. The van der Waals surface area contributed by atoms with Crippen molar-refractivity contribution in [1.82, 2.24) is 15.1 Å². The molecule has 0 aliphatic carbocycles. The molecule has 0 spiro atoms. The first-order chi connectivity index (χ1) is 12.0. The van der Waals surface area contributed by atoms with Gasteiger partial charge in [0.2, 0.25) is 5.91 Å². The SMILES string of the molecule is O=C1NC(=O)C(c2nn(Cc3ccc(Cl)s3)c(=O)c3ccccc23)S1. The Hall–Kier alpha value is -2.16. The molecule has 126 valence electrons. The maximum Gasteiger partial charge on any atom is 0.286 e. The van der Waals surface area contributed by atoms with Gasteiger partial charge < -0.3 is 0 Å². The third-order valence-corrected chi connectivity index (χ3v) is 5.97. The molecule has 25 heavy (non-hydrogen) atoms. The number of thioether (sulfide) groups is 1. The monoisotopic (exact) mass is 391 g/mol. The maximum atomic E-state index is 12.8. The van der Waals surface area contributed by atoms with Gasteiger partial charge in [-0.3, -0.25) is 19.7 Å². The van der Waals surface area contributed by atoms with E-state index in [1.54, 1.807) is 30.3 Å². The maximum absolute atomic E-state index is 12.8. The van der Waals surface area contributed by atoms with Crippen molar-refractivity contribution in [1.29, 1.82) is 0 Å². The predicted octanol–water partition coefficient (Wildman–Crippen LogP) is 3.18. The average Bonchev–Trinajstić information content (AvgIpc) is 3.15. The van der Waals surface area contributed by atoms with Crippen LogP contribution in [0.1, 0.15) is 15.8 Å². The first-order valence-corrected chi connectivity index (χ1v) is 9.36. The van der Waals surface area contributed by atoms with E-state index in [0.29, 0.717) is 20.8 Å². The third kappa shape index (κ3) is 2.97. The summed E-state index contributed by atoms with van der Waals surface area (Å²) >= 11 is 8.18. The minimum absolute atomic E-state index is 0.251. The summed E-state index contributed by atoms with van der Waals surface area (Å²) in [7, 11) is 0. The smallest absolute Gasteiger partial charge is 0.286 e. The van der Waals surface area contributed by atoms with Crippen molar-refractivity contribution >= 4 is 56.6 Å². The van der Waals surface area contributed by atoms with Crippen LogP contribution in [0.25, 0.3) is 10.8 Å². The number of imide groups is 1. The lowest BCUT2D eigenvalue weighted by atomic mass is 10.1. The van der Waals surface area contributed by atoms with Gasteiger partial charge >= 0.3 is 0 Å². The van der Waals surface area contributed by atoms with Gasteiger partial charge in [0.05, 0.1) is 22.0 Å². The van der Waals surface area contributed by atoms with Crippen molar-refractivity contribution in [3.8, 4) is 0 Å². The number of hydrogen-bond donors (Lipinski definition) is 1. The van der Waals surface area contributed by atoms with E-state index in [1.165, 1.54) is 16.0 Å². The normalized spacial score (nSPS) is 17.2. The summed E-state index contributed by atoms with van der Waals surface area (Å²) in [4.78, 5) is 37.3. The molecule has 0 radical (unpaired) electrons. The Kier molecular flexibility index (Phi) is 4.10. The number of halogens is 1. The first kappa shape index (κ1) is 16.3. The second-order valence-electron chi connectivity index (χ2n) is 5.37. The number of fused-ring (bicyclic) bond motifs is 1. The Bertz CT molecular complexity index is 1080. The van der Waals surface area contributed by atoms with Crippen LogP contribution in [-0.2, 0) is 11.3 Å². The van der Waals surface area contributed by atoms with Gasteiger partial charge in [-0.2, -0.15) is 5.10 Å². The van der Waals surface area contributed by atoms with Crippen LogP contribution in [0.4, 0.5) is 4.79 Å². The van der Waals surface area contributed by atoms with Crippen molar-refractivity contribution in [2.24, 2.45) is 0 Å². The Balaban J connectivity index is 1.89. The van der Waals surface area contributed by atoms with Crippen molar-refractivity contribution in [2.45, 2.75) is 11.8 Å². The molecule has 1 saturated heterocycles. The molecule has 0 bridgehead atoms. The van der Waals surface area contributed by atoms with E-state index in [9.17, 15) is 14.4 Å². The average molecular weight is 392 g/mol. The molecule has 1 aromatic carbocycles. The lowest BCUT2D eigenvalue weighted by molar-refractivity contribution is -0.119.